The summed E-state index contributed by atoms with van der Waals surface area (Å²) in [5, 5.41) is 0. The third-order valence-corrected chi connectivity index (χ3v) is 3.15. The Hall–Kier alpha value is -0.940. The lowest BCUT2D eigenvalue weighted by Gasteiger charge is -2.15. The van der Waals surface area contributed by atoms with Crippen LogP contribution in [0, 0.1) is 0 Å². The van der Waals surface area contributed by atoms with Crippen molar-refractivity contribution in [2.24, 2.45) is 5.73 Å². The van der Waals surface area contributed by atoms with Crippen LogP contribution in [0.2, 0.25) is 0 Å². The number of carbonyl (C=O) groups excluding carboxylic acids is 1. The number of nitrogens with zero attached hydrogens (tertiary/aromatic N) is 1. The fourth-order valence-electron chi connectivity index (χ4n) is 1.18. The third kappa shape index (κ3) is 4.72. The fraction of sp³-hybridized carbons (Fsp3) is 0.545. The molecule has 0 fully saturated rings. The monoisotopic (exact) mass is 242 g/mol. The molecule has 0 aliphatic heterocycles. The first kappa shape index (κ1) is 13.1. The van der Waals surface area contributed by atoms with Gasteiger partial charge in [-0.2, -0.15) is 11.8 Å². The zero-order chi connectivity index (χ0) is 11.8. The van der Waals surface area contributed by atoms with E-state index in [0.29, 0.717) is 18.8 Å². The highest BCUT2D eigenvalue weighted by atomic mass is 32.2. The molecular weight excluding hydrogens is 224 g/mol. The minimum Gasteiger partial charge on any atom is -0.467 e. The average Bonchev–Trinajstić information content (AvgIpc) is 2.76. The van der Waals surface area contributed by atoms with E-state index < -0.39 is 0 Å². The van der Waals surface area contributed by atoms with Crippen LogP contribution in [0.5, 0.6) is 0 Å². The van der Waals surface area contributed by atoms with Crippen molar-refractivity contribution in [1.29, 1.82) is 0 Å². The molecule has 0 radical (unpaired) electrons. The van der Waals surface area contributed by atoms with Crippen LogP contribution in [0.15, 0.2) is 22.8 Å². The number of rotatable bonds is 7. The Balaban J connectivity index is 2.20. The van der Waals surface area contributed by atoms with Crippen LogP contribution in [0.1, 0.15) is 12.2 Å². The molecule has 16 heavy (non-hydrogen) atoms. The van der Waals surface area contributed by atoms with Crippen molar-refractivity contribution < 1.29 is 9.21 Å². The standard InChI is InChI=1S/C11H18N2O2S/c1-13(8-10-4-2-6-15-10)11(14)9-16-7-3-5-12/h2,4,6H,3,5,7-9,12H2,1H3. The smallest absolute Gasteiger partial charge is 0.232 e. The Morgan fingerprint density at radius 1 is 1.62 bits per heavy atom. The van der Waals surface area contributed by atoms with Crippen molar-refractivity contribution in [3.8, 4) is 0 Å². The Morgan fingerprint density at radius 3 is 3.06 bits per heavy atom. The maximum Gasteiger partial charge on any atom is 0.232 e. The molecule has 4 nitrogen and oxygen atoms in total. The van der Waals surface area contributed by atoms with Gasteiger partial charge in [0.1, 0.15) is 5.76 Å². The van der Waals surface area contributed by atoms with Crippen LogP contribution >= 0.6 is 11.8 Å². The summed E-state index contributed by atoms with van der Waals surface area (Å²) in [4.78, 5) is 13.3. The van der Waals surface area contributed by atoms with E-state index in [1.54, 1.807) is 30.0 Å². The van der Waals surface area contributed by atoms with Gasteiger partial charge in [0.25, 0.3) is 0 Å². The molecule has 0 saturated carbocycles. The quantitative estimate of drug-likeness (QED) is 0.733. The van der Waals surface area contributed by atoms with E-state index in [2.05, 4.69) is 0 Å². The molecule has 1 rings (SSSR count). The predicted molar refractivity (Wildman–Crippen MR) is 66.2 cm³/mol. The molecule has 1 heterocycles. The summed E-state index contributed by atoms with van der Waals surface area (Å²) in [5.41, 5.74) is 5.37. The first-order valence-corrected chi connectivity index (χ1v) is 6.43. The van der Waals surface area contributed by atoms with E-state index in [-0.39, 0.29) is 5.91 Å². The molecule has 0 atom stereocenters. The molecule has 0 aromatic carbocycles. The van der Waals surface area contributed by atoms with Crippen molar-refractivity contribution in [3.63, 3.8) is 0 Å². The Kier molecular flexibility index (Phi) is 6.03. The minimum atomic E-state index is 0.124. The molecule has 0 aliphatic rings. The second kappa shape index (κ2) is 7.35. The molecule has 2 N–H and O–H groups in total. The van der Waals surface area contributed by atoms with E-state index in [1.807, 2.05) is 12.1 Å². The highest BCUT2D eigenvalue weighted by Crippen LogP contribution is 2.07. The lowest BCUT2D eigenvalue weighted by atomic mass is 10.4. The van der Waals surface area contributed by atoms with E-state index >= 15 is 0 Å². The Bertz CT molecular complexity index is 301. The van der Waals surface area contributed by atoms with Gasteiger partial charge in [-0.3, -0.25) is 4.79 Å². The molecule has 0 unspecified atom stereocenters. The fourth-order valence-corrected chi connectivity index (χ4v) is 2.09. The molecule has 1 aromatic rings. The second-order valence-electron chi connectivity index (χ2n) is 3.52. The van der Waals surface area contributed by atoms with E-state index in [4.69, 9.17) is 10.2 Å². The number of carbonyl (C=O) groups is 1. The van der Waals surface area contributed by atoms with Crippen molar-refractivity contribution in [2.75, 3.05) is 25.1 Å². The van der Waals surface area contributed by atoms with Crippen LogP contribution in [0.3, 0.4) is 0 Å². The van der Waals surface area contributed by atoms with Crippen molar-refractivity contribution in [1.82, 2.24) is 4.90 Å². The van der Waals surface area contributed by atoms with Crippen molar-refractivity contribution in [2.45, 2.75) is 13.0 Å². The highest BCUT2D eigenvalue weighted by Gasteiger charge is 2.10. The number of hydrogen-bond acceptors (Lipinski definition) is 4. The summed E-state index contributed by atoms with van der Waals surface area (Å²) in [7, 11) is 1.79. The molecule has 1 aromatic heterocycles. The number of thioether (sulfide) groups is 1. The maximum absolute atomic E-state index is 11.7. The normalized spacial score (nSPS) is 10.4. The van der Waals surface area contributed by atoms with Gasteiger partial charge >= 0.3 is 0 Å². The van der Waals surface area contributed by atoms with Gasteiger partial charge < -0.3 is 15.1 Å². The van der Waals surface area contributed by atoms with Gasteiger partial charge in [0.2, 0.25) is 5.91 Å². The number of hydrogen-bond donors (Lipinski definition) is 1. The lowest BCUT2D eigenvalue weighted by molar-refractivity contribution is -0.127. The summed E-state index contributed by atoms with van der Waals surface area (Å²) in [6, 6.07) is 3.69. The second-order valence-corrected chi connectivity index (χ2v) is 4.63. The molecule has 0 aliphatic carbocycles. The topological polar surface area (TPSA) is 59.5 Å². The summed E-state index contributed by atoms with van der Waals surface area (Å²) in [6.45, 7) is 1.21. The van der Waals surface area contributed by atoms with Gasteiger partial charge in [-0.25, -0.2) is 0 Å². The number of furan rings is 1. The van der Waals surface area contributed by atoms with Crippen LogP contribution in [-0.4, -0.2) is 35.9 Å². The average molecular weight is 242 g/mol. The number of nitrogens with two attached hydrogens (primary N) is 1. The zero-order valence-corrected chi connectivity index (χ0v) is 10.3. The molecule has 5 heteroatoms. The van der Waals surface area contributed by atoms with Crippen molar-refractivity contribution >= 4 is 17.7 Å². The van der Waals surface area contributed by atoms with E-state index in [0.717, 1.165) is 17.9 Å². The maximum atomic E-state index is 11.7. The Morgan fingerprint density at radius 2 is 2.44 bits per heavy atom. The first-order valence-electron chi connectivity index (χ1n) is 5.28. The van der Waals surface area contributed by atoms with Gasteiger partial charge in [-0.15, -0.1) is 0 Å². The Labute approximate surface area is 100 Å². The van der Waals surface area contributed by atoms with Gasteiger partial charge in [-0.05, 0) is 30.9 Å². The molecule has 90 valence electrons. The summed E-state index contributed by atoms with van der Waals surface area (Å²) in [5.74, 6) is 2.38. The van der Waals surface area contributed by atoms with Crippen LogP contribution < -0.4 is 5.73 Å². The molecular formula is C11H18N2O2S. The lowest BCUT2D eigenvalue weighted by Crippen LogP contribution is -2.27. The molecule has 0 saturated heterocycles. The predicted octanol–water partition coefficient (Wildman–Crippen LogP) is 1.32. The van der Waals surface area contributed by atoms with Gasteiger partial charge in [0.15, 0.2) is 0 Å². The summed E-state index contributed by atoms with van der Waals surface area (Å²) < 4.78 is 5.18. The highest BCUT2D eigenvalue weighted by molar-refractivity contribution is 7.99. The van der Waals surface area contributed by atoms with Gasteiger partial charge in [0, 0.05) is 7.05 Å². The number of amides is 1. The first-order chi connectivity index (χ1) is 7.74. The molecule has 0 bridgehead atoms. The third-order valence-electron chi connectivity index (χ3n) is 2.12. The SMILES string of the molecule is CN(Cc1ccco1)C(=O)CSCCCN. The van der Waals surface area contributed by atoms with Crippen LogP contribution in [-0.2, 0) is 11.3 Å². The van der Waals surface area contributed by atoms with E-state index in [1.165, 1.54) is 0 Å². The summed E-state index contributed by atoms with van der Waals surface area (Å²) in [6.07, 6.45) is 2.57. The van der Waals surface area contributed by atoms with E-state index in [9.17, 15) is 4.79 Å². The largest absolute Gasteiger partial charge is 0.467 e. The molecule has 0 spiro atoms. The van der Waals surface area contributed by atoms with Gasteiger partial charge in [-0.1, -0.05) is 0 Å². The minimum absolute atomic E-state index is 0.124. The molecule has 1 amide bonds. The van der Waals surface area contributed by atoms with Gasteiger partial charge in [0.05, 0.1) is 18.6 Å². The van der Waals surface area contributed by atoms with Crippen LogP contribution in [0.4, 0.5) is 0 Å². The van der Waals surface area contributed by atoms with Crippen molar-refractivity contribution in [3.05, 3.63) is 24.2 Å². The zero-order valence-electron chi connectivity index (χ0n) is 9.52. The summed E-state index contributed by atoms with van der Waals surface area (Å²) >= 11 is 1.63. The van der Waals surface area contributed by atoms with Crippen LogP contribution in [0.25, 0.3) is 0 Å².